The number of halogens is 1. The van der Waals surface area contributed by atoms with E-state index in [0.29, 0.717) is 5.92 Å². The first-order chi connectivity index (χ1) is 9.29. The average molecular weight is 324 g/mol. The van der Waals surface area contributed by atoms with Crippen LogP contribution in [0.25, 0.3) is 0 Å². The normalized spacial score (nSPS) is 27.4. The van der Waals surface area contributed by atoms with Gasteiger partial charge in [-0.15, -0.1) is 5.48 Å². The summed E-state index contributed by atoms with van der Waals surface area (Å²) in [6.45, 7) is 0. The Morgan fingerprint density at radius 1 is 1.26 bits per heavy atom. The van der Waals surface area contributed by atoms with Gasteiger partial charge in [0.25, 0.3) is 0 Å². The van der Waals surface area contributed by atoms with Gasteiger partial charge in [0, 0.05) is 16.0 Å². The van der Waals surface area contributed by atoms with E-state index in [1.165, 1.54) is 32.1 Å². The number of hydrogen-bond donors (Lipinski definition) is 1. The van der Waals surface area contributed by atoms with Gasteiger partial charge in [0.1, 0.15) is 12.3 Å². The van der Waals surface area contributed by atoms with Crippen molar-refractivity contribution in [2.24, 2.45) is 5.92 Å². The van der Waals surface area contributed by atoms with Gasteiger partial charge in [-0.2, -0.15) is 0 Å². The molecule has 0 aromatic heterocycles. The Hall–Kier alpha value is -0.870. The zero-order valence-corrected chi connectivity index (χ0v) is 12.4. The first-order valence-electron chi connectivity index (χ1n) is 6.96. The second-order valence-corrected chi connectivity index (χ2v) is 6.40. The summed E-state index contributed by atoms with van der Waals surface area (Å²) in [6, 6.07) is 5.81. The molecular formula is C15H18BrNO2. The zero-order chi connectivity index (χ0) is 13.2. The van der Waals surface area contributed by atoms with Crippen molar-refractivity contribution in [2.45, 2.75) is 44.1 Å². The maximum atomic E-state index is 11.4. The van der Waals surface area contributed by atoms with Crippen LogP contribution in [0.5, 0.6) is 5.75 Å². The van der Waals surface area contributed by atoms with E-state index in [9.17, 15) is 4.79 Å². The Kier molecular flexibility index (Phi) is 3.89. The largest absolute Gasteiger partial charge is 0.408 e. The summed E-state index contributed by atoms with van der Waals surface area (Å²) in [5.74, 6) is 1.67. The predicted octanol–water partition coefficient (Wildman–Crippen LogP) is 3.58. The molecule has 2 unspecified atom stereocenters. The van der Waals surface area contributed by atoms with Gasteiger partial charge in [0.15, 0.2) is 5.75 Å². The molecule has 1 aliphatic carbocycles. The number of hydrogen-bond acceptors (Lipinski definition) is 3. The minimum atomic E-state index is -0.232. The molecule has 0 bridgehead atoms. The smallest absolute Gasteiger partial charge is 0.150 e. The van der Waals surface area contributed by atoms with Crippen LogP contribution < -0.4 is 10.3 Å². The second kappa shape index (κ2) is 5.63. The molecular weight excluding hydrogens is 306 g/mol. The number of carbonyl (C=O) groups is 1. The summed E-state index contributed by atoms with van der Waals surface area (Å²) in [6.07, 6.45) is 7.28. The van der Waals surface area contributed by atoms with Gasteiger partial charge in [0.2, 0.25) is 0 Å². The lowest BCUT2D eigenvalue weighted by molar-refractivity contribution is -0.113. The summed E-state index contributed by atoms with van der Waals surface area (Å²) in [7, 11) is 0. The van der Waals surface area contributed by atoms with Crippen molar-refractivity contribution in [3.63, 3.8) is 0 Å². The molecule has 1 aromatic rings. The van der Waals surface area contributed by atoms with Crippen molar-refractivity contribution in [1.82, 2.24) is 5.48 Å². The van der Waals surface area contributed by atoms with Gasteiger partial charge in [-0.05, 0) is 37.0 Å². The molecule has 1 aliphatic heterocycles. The van der Waals surface area contributed by atoms with Crippen molar-refractivity contribution in [1.29, 1.82) is 0 Å². The summed E-state index contributed by atoms with van der Waals surface area (Å²) in [4.78, 5) is 16.9. The van der Waals surface area contributed by atoms with Crippen LogP contribution >= 0.6 is 15.9 Å². The number of benzene rings is 1. The number of carbonyl (C=O) groups excluding carboxylic acids is 1. The van der Waals surface area contributed by atoms with E-state index in [-0.39, 0.29) is 12.0 Å². The quantitative estimate of drug-likeness (QED) is 0.845. The Labute approximate surface area is 121 Å². The summed E-state index contributed by atoms with van der Waals surface area (Å²) in [5, 5.41) is 0. The van der Waals surface area contributed by atoms with Gasteiger partial charge in [0.05, 0.1) is 0 Å². The molecule has 1 heterocycles. The van der Waals surface area contributed by atoms with Crippen LogP contribution in [0, 0.1) is 5.92 Å². The standard InChI is InChI=1S/C15H18BrNO2/c16-11-6-7-14-12(8-11)15(13(9-18)17-19-14)10-4-2-1-3-5-10/h6-10,13,15,17H,1-5H2. The summed E-state index contributed by atoms with van der Waals surface area (Å²) < 4.78 is 1.04. The lowest BCUT2D eigenvalue weighted by Crippen LogP contribution is -2.45. The molecule has 0 amide bonds. The number of fused-ring (bicyclic) bond motifs is 1. The molecule has 0 saturated heterocycles. The van der Waals surface area contributed by atoms with Crippen LogP contribution in [0.3, 0.4) is 0 Å². The highest BCUT2D eigenvalue weighted by atomic mass is 79.9. The molecule has 1 fully saturated rings. The molecule has 1 N–H and O–H groups in total. The van der Waals surface area contributed by atoms with Gasteiger partial charge in [-0.3, -0.25) is 0 Å². The van der Waals surface area contributed by atoms with Crippen LogP contribution in [-0.2, 0) is 4.79 Å². The maximum absolute atomic E-state index is 11.4. The fourth-order valence-electron chi connectivity index (χ4n) is 3.42. The molecule has 3 rings (SSSR count). The number of rotatable bonds is 2. The Bertz CT molecular complexity index is 471. The third kappa shape index (κ3) is 2.56. The molecule has 3 nitrogen and oxygen atoms in total. The van der Waals surface area contributed by atoms with Crippen LogP contribution in [-0.4, -0.2) is 12.3 Å². The van der Waals surface area contributed by atoms with Crippen molar-refractivity contribution >= 4 is 22.2 Å². The highest BCUT2D eigenvalue weighted by molar-refractivity contribution is 9.10. The van der Waals surface area contributed by atoms with Crippen LogP contribution in [0.15, 0.2) is 22.7 Å². The van der Waals surface area contributed by atoms with E-state index in [4.69, 9.17) is 4.84 Å². The van der Waals surface area contributed by atoms with Gasteiger partial charge >= 0.3 is 0 Å². The van der Waals surface area contributed by atoms with Gasteiger partial charge in [-0.1, -0.05) is 35.2 Å². The van der Waals surface area contributed by atoms with Crippen LogP contribution in [0.4, 0.5) is 0 Å². The lowest BCUT2D eigenvalue weighted by Gasteiger charge is -2.38. The minimum Gasteiger partial charge on any atom is -0.408 e. The van der Waals surface area contributed by atoms with Crippen LogP contribution in [0.2, 0.25) is 0 Å². The second-order valence-electron chi connectivity index (χ2n) is 5.49. The zero-order valence-electron chi connectivity index (χ0n) is 10.8. The SMILES string of the molecule is O=CC1NOc2ccc(Br)cc2C1C1CCCCC1. The highest BCUT2D eigenvalue weighted by Gasteiger charge is 2.37. The molecule has 2 aliphatic rings. The van der Waals surface area contributed by atoms with Gasteiger partial charge < -0.3 is 9.63 Å². The van der Waals surface area contributed by atoms with E-state index in [1.54, 1.807) is 0 Å². The monoisotopic (exact) mass is 323 g/mol. The topological polar surface area (TPSA) is 38.3 Å². The molecule has 19 heavy (non-hydrogen) atoms. The Balaban J connectivity index is 1.98. The summed E-state index contributed by atoms with van der Waals surface area (Å²) in [5.41, 5.74) is 4.07. The Morgan fingerprint density at radius 2 is 2.05 bits per heavy atom. The maximum Gasteiger partial charge on any atom is 0.150 e. The van der Waals surface area contributed by atoms with E-state index in [1.807, 2.05) is 12.1 Å². The lowest BCUT2D eigenvalue weighted by atomic mass is 9.73. The number of hydroxylamine groups is 1. The summed E-state index contributed by atoms with van der Waals surface area (Å²) >= 11 is 3.52. The first kappa shape index (κ1) is 13.1. The number of aldehydes is 1. The molecule has 1 saturated carbocycles. The van der Waals surface area contributed by atoms with Crippen molar-refractivity contribution < 1.29 is 9.63 Å². The predicted molar refractivity (Wildman–Crippen MR) is 77.1 cm³/mol. The molecule has 102 valence electrons. The molecule has 2 atom stereocenters. The van der Waals surface area contributed by atoms with E-state index in [2.05, 4.69) is 27.5 Å². The van der Waals surface area contributed by atoms with E-state index >= 15 is 0 Å². The van der Waals surface area contributed by atoms with Crippen LogP contribution in [0.1, 0.15) is 43.6 Å². The minimum absolute atomic E-state index is 0.232. The van der Waals surface area contributed by atoms with E-state index < -0.39 is 0 Å². The Morgan fingerprint density at radius 3 is 2.79 bits per heavy atom. The molecule has 0 radical (unpaired) electrons. The molecule has 1 aromatic carbocycles. The third-order valence-corrected chi connectivity index (χ3v) is 4.82. The molecule has 0 spiro atoms. The molecule has 4 heteroatoms. The highest BCUT2D eigenvalue weighted by Crippen LogP contribution is 2.43. The fourth-order valence-corrected chi connectivity index (χ4v) is 3.80. The number of nitrogens with one attached hydrogen (secondary N) is 1. The fraction of sp³-hybridized carbons (Fsp3) is 0.533. The van der Waals surface area contributed by atoms with Crippen molar-refractivity contribution in [3.05, 3.63) is 28.2 Å². The van der Waals surface area contributed by atoms with Crippen molar-refractivity contribution in [3.8, 4) is 5.75 Å². The average Bonchev–Trinajstić information content (AvgIpc) is 2.46. The van der Waals surface area contributed by atoms with Gasteiger partial charge in [-0.25, -0.2) is 0 Å². The van der Waals surface area contributed by atoms with E-state index in [0.717, 1.165) is 22.1 Å². The third-order valence-electron chi connectivity index (χ3n) is 4.33. The van der Waals surface area contributed by atoms with Crippen molar-refractivity contribution in [2.75, 3.05) is 0 Å². The first-order valence-corrected chi connectivity index (χ1v) is 7.76.